The molecule has 1 atom stereocenters. The summed E-state index contributed by atoms with van der Waals surface area (Å²) in [4.78, 5) is 14.8. The summed E-state index contributed by atoms with van der Waals surface area (Å²) in [5.41, 5.74) is 2.81. The van der Waals surface area contributed by atoms with Gasteiger partial charge in [0.1, 0.15) is 11.5 Å². The Labute approximate surface area is 144 Å². The topological polar surface area (TPSA) is 33.5 Å². The Kier molecular flexibility index (Phi) is 5.19. The molecule has 1 amide bonds. The Morgan fingerprint density at radius 1 is 1.25 bits per heavy atom. The van der Waals surface area contributed by atoms with Crippen molar-refractivity contribution in [3.8, 4) is 0 Å². The maximum absolute atomic E-state index is 12.7. The Morgan fingerprint density at radius 3 is 2.75 bits per heavy atom. The molecule has 1 aliphatic rings. The van der Waals surface area contributed by atoms with E-state index in [1.54, 1.807) is 12.2 Å². The second-order valence-electron chi connectivity index (χ2n) is 6.48. The van der Waals surface area contributed by atoms with Gasteiger partial charge in [-0.25, -0.2) is 0 Å². The van der Waals surface area contributed by atoms with Gasteiger partial charge in [0.05, 0.1) is 0 Å². The van der Waals surface area contributed by atoms with Crippen LogP contribution in [0.3, 0.4) is 0 Å². The van der Waals surface area contributed by atoms with Gasteiger partial charge in [-0.3, -0.25) is 4.79 Å². The highest BCUT2D eigenvalue weighted by atomic mass is 16.3. The number of hydrogen-bond acceptors (Lipinski definition) is 2. The zero-order valence-corrected chi connectivity index (χ0v) is 14.5. The second-order valence-corrected chi connectivity index (χ2v) is 6.48. The zero-order chi connectivity index (χ0) is 16.9. The lowest BCUT2D eigenvalue weighted by Gasteiger charge is -2.34. The van der Waals surface area contributed by atoms with Crippen molar-refractivity contribution >= 4 is 12.0 Å². The number of benzene rings is 1. The maximum atomic E-state index is 12.7. The molecule has 126 valence electrons. The number of aryl methyl sites for hydroxylation is 2. The molecular formula is C21H25NO2. The van der Waals surface area contributed by atoms with E-state index in [1.165, 1.54) is 11.1 Å². The summed E-state index contributed by atoms with van der Waals surface area (Å²) in [5, 5.41) is 0. The average molecular weight is 323 g/mol. The molecule has 1 aromatic carbocycles. The van der Waals surface area contributed by atoms with E-state index < -0.39 is 0 Å². The molecule has 0 spiro atoms. The average Bonchev–Trinajstić information content (AvgIpc) is 3.02. The minimum absolute atomic E-state index is 0.0790. The molecule has 0 radical (unpaired) electrons. The van der Waals surface area contributed by atoms with Gasteiger partial charge in [-0.1, -0.05) is 31.2 Å². The minimum atomic E-state index is 0.0790. The van der Waals surface area contributed by atoms with Crippen LogP contribution >= 0.6 is 0 Å². The zero-order valence-electron chi connectivity index (χ0n) is 14.5. The van der Waals surface area contributed by atoms with Gasteiger partial charge in [-0.2, -0.15) is 0 Å². The highest BCUT2D eigenvalue weighted by Gasteiger charge is 2.26. The van der Waals surface area contributed by atoms with Crippen LogP contribution in [0.5, 0.6) is 0 Å². The van der Waals surface area contributed by atoms with E-state index in [1.807, 2.05) is 24.0 Å². The molecule has 2 aromatic rings. The van der Waals surface area contributed by atoms with Crippen LogP contribution in [-0.4, -0.2) is 23.4 Å². The molecule has 3 heteroatoms. The molecule has 1 unspecified atom stereocenters. The molecule has 0 N–H and O–H groups in total. The van der Waals surface area contributed by atoms with Crippen molar-refractivity contribution in [2.75, 3.05) is 6.54 Å². The Bertz CT molecular complexity index is 729. The van der Waals surface area contributed by atoms with Crippen LogP contribution in [0.1, 0.15) is 42.4 Å². The fraction of sp³-hybridized carbons (Fsp3) is 0.381. The number of amides is 1. The monoisotopic (exact) mass is 323 g/mol. The van der Waals surface area contributed by atoms with Gasteiger partial charge >= 0.3 is 0 Å². The SMILES string of the molecule is CCCN(C(=O)/C=C/c1ccc(C)o1)C1CCc2ccccc2C1. The molecule has 0 saturated heterocycles. The minimum Gasteiger partial charge on any atom is -0.462 e. The van der Waals surface area contributed by atoms with E-state index in [-0.39, 0.29) is 11.9 Å². The summed E-state index contributed by atoms with van der Waals surface area (Å²) >= 11 is 0. The van der Waals surface area contributed by atoms with Gasteiger partial charge in [0.2, 0.25) is 5.91 Å². The summed E-state index contributed by atoms with van der Waals surface area (Å²) in [6.45, 7) is 4.83. The highest BCUT2D eigenvalue weighted by molar-refractivity contribution is 5.91. The largest absolute Gasteiger partial charge is 0.462 e. The third-order valence-electron chi connectivity index (χ3n) is 4.66. The summed E-state index contributed by atoms with van der Waals surface area (Å²) < 4.78 is 5.51. The maximum Gasteiger partial charge on any atom is 0.246 e. The Balaban J connectivity index is 1.72. The first-order valence-corrected chi connectivity index (χ1v) is 8.79. The van der Waals surface area contributed by atoms with Crippen molar-refractivity contribution in [2.24, 2.45) is 0 Å². The van der Waals surface area contributed by atoms with E-state index >= 15 is 0 Å². The van der Waals surface area contributed by atoms with Gasteiger partial charge in [0.25, 0.3) is 0 Å². The van der Waals surface area contributed by atoms with Crippen molar-refractivity contribution in [1.82, 2.24) is 4.90 Å². The molecule has 0 bridgehead atoms. The number of fused-ring (bicyclic) bond motifs is 1. The number of hydrogen-bond donors (Lipinski definition) is 0. The third-order valence-corrected chi connectivity index (χ3v) is 4.66. The standard InChI is InChI=1S/C21H25NO2/c1-3-14-22(21(23)13-12-20-11-8-16(2)24-20)19-10-9-17-6-4-5-7-18(17)15-19/h4-8,11-13,19H,3,9-10,14-15H2,1-2H3/b13-12+. The van der Waals surface area contributed by atoms with Crippen molar-refractivity contribution in [3.05, 3.63) is 65.1 Å². The highest BCUT2D eigenvalue weighted by Crippen LogP contribution is 2.25. The Morgan fingerprint density at radius 2 is 2.04 bits per heavy atom. The predicted octanol–water partition coefficient (Wildman–Crippen LogP) is 4.40. The van der Waals surface area contributed by atoms with Crippen molar-refractivity contribution in [3.63, 3.8) is 0 Å². The summed E-state index contributed by atoms with van der Waals surface area (Å²) in [6.07, 6.45) is 7.43. The van der Waals surface area contributed by atoms with Crippen LogP contribution in [0, 0.1) is 6.92 Å². The van der Waals surface area contributed by atoms with Gasteiger partial charge in [-0.15, -0.1) is 0 Å². The van der Waals surface area contributed by atoms with Gasteiger partial charge < -0.3 is 9.32 Å². The molecule has 0 fully saturated rings. The van der Waals surface area contributed by atoms with Crippen LogP contribution in [0.4, 0.5) is 0 Å². The molecule has 0 saturated carbocycles. The van der Waals surface area contributed by atoms with Crippen molar-refractivity contribution < 1.29 is 9.21 Å². The number of nitrogens with zero attached hydrogens (tertiary/aromatic N) is 1. The first-order valence-electron chi connectivity index (χ1n) is 8.79. The molecule has 1 aliphatic carbocycles. The van der Waals surface area contributed by atoms with Crippen LogP contribution in [0.25, 0.3) is 6.08 Å². The molecule has 1 aromatic heterocycles. The summed E-state index contributed by atoms with van der Waals surface area (Å²) in [6, 6.07) is 12.7. The lowest BCUT2D eigenvalue weighted by atomic mass is 9.87. The van der Waals surface area contributed by atoms with Crippen molar-refractivity contribution in [2.45, 2.75) is 45.6 Å². The number of carbonyl (C=O) groups excluding carboxylic acids is 1. The van der Waals surface area contributed by atoms with Crippen LogP contribution in [-0.2, 0) is 17.6 Å². The normalized spacial score (nSPS) is 17.0. The third kappa shape index (κ3) is 3.78. The summed E-state index contributed by atoms with van der Waals surface area (Å²) in [5.74, 6) is 1.66. The molecule has 0 aliphatic heterocycles. The number of rotatable bonds is 5. The second kappa shape index (κ2) is 7.52. The molecule has 3 rings (SSSR count). The quantitative estimate of drug-likeness (QED) is 0.764. The van der Waals surface area contributed by atoms with Crippen LogP contribution in [0.2, 0.25) is 0 Å². The molecule has 24 heavy (non-hydrogen) atoms. The van der Waals surface area contributed by atoms with E-state index in [2.05, 4.69) is 31.2 Å². The number of carbonyl (C=O) groups is 1. The Hall–Kier alpha value is -2.29. The van der Waals surface area contributed by atoms with Crippen LogP contribution in [0.15, 0.2) is 46.9 Å². The first-order chi connectivity index (χ1) is 11.7. The lowest BCUT2D eigenvalue weighted by Crippen LogP contribution is -2.43. The van der Waals surface area contributed by atoms with E-state index in [0.717, 1.165) is 43.7 Å². The summed E-state index contributed by atoms with van der Waals surface area (Å²) in [7, 11) is 0. The lowest BCUT2D eigenvalue weighted by molar-refractivity contribution is -0.128. The molecule has 1 heterocycles. The predicted molar refractivity (Wildman–Crippen MR) is 96.7 cm³/mol. The molecule has 3 nitrogen and oxygen atoms in total. The van der Waals surface area contributed by atoms with Gasteiger partial charge in [0, 0.05) is 18.7 Å². The van der Waals surface area contributed by atoms with E-state index in [0.29, 0.717) is 0 Å². The molecular weight excluding hydrogens is 298 g/mol. The fourth-order valence-corrected chi connectivity index (χ4v) is 3.45. The van der Waals surface area contributed by atoms with Gasteiger partial charge in [-0.05, 0) is 61.9 Å². The van der Waals surface area contributed by atoms with E-state index in [9.17, 15) is 4.79 Å². The number of furan rings is 1. The van der Waals surface area contributed by atoms with Crippen molar-refractivity contribution in [1.29, 1.82) is 0 Å². The van der Waals surface area contributed by atoms with Crippen LogP contribution < -0.4 is 0 Å². The smallest absolute Gasteiger partial charge is 0.246 e. The van der Waals surface area contributed by atoms with Gasteiger partial charge in [0.15, 0.2) is 0 Å². The van der Waals surface area contributed by atoms with E-state index in [4.69, 9.17) is 4.42 Å². The fourth-order valence-electron chi connectivity index (χ4n) is 3.45. The first kappa shape index (κ1) is 16.6.